The van der Waals surface area contributed by atoms with Crippen LogP contribution in [0.3, 0.4) is 0 Å². The minimum absolute atomic E-state index is 0.579. The van der Waals surface area contributed by atoms with Crippen molar-refractivity contribution in [2.75, 3.05) is 5.43 Å². The van der Waals surface area contributed by atoms with Gasteiger partial charge in [0.05, 0.1) is 22.7 Å². The molecule has 0 unspecified atom stereocenters. The van der Waals surface area contributed by atoms with E-state index in [2.05, 4.69) is 16.5 Å². The number of nitrogen functional groups attached to an aromatic ring is 1. The van der Waals surface area contributed by atoms with Crippen molar-refractivity contribution in [1.82, 2.24) is 9.55 Å². The lowest BCUT2D eigenvalue weighted by Gasteiger charge is -1.98. The third-order valence-electron chi connectivity index (χ3n) is 2.14. The summed E-state index contributed by atoms with van der Waals surface area (Å²) in [7, 11) is 1.86. The van der Waals surface area contributed by atoms with E-state index < -0.39 is 0 Å². The number of anilines is 1. The first-order valence-corrected chi connectivity index (χ1v) is 4.09. The summed E-state index contributed by atoms with van der Waals surface area (Å²) in [5.74, 6) is 5.87. The zero-order chi connectivity index (χ0) is 10.1. The Bertz CT molecular complexity index is 520. The fourth-order valence-corrected chi connectivity index (χ4v) is 1.40. The Morgan fingerprint density at radius 1 is 1.57 bits per heavy atom. The maximum Gasteiger partial charge on any atom is 0.218 e. The fourth-order valence-electron chi connectivity index (χ4n) is 1.40. The molecular weight excluding hydrogens is 178 g/mol. The normalized spacial score (nSPS) is 10.1. The Morgan fingerprint density at radius 3 is 3.00 bits per heavy atom. The van der Waals surface area contributed by atoms with Crippen molar-refractivity contribution in [2.45, 2.75) is 0 Å². The van der Waals surface area contributed by atoms with Crippen LogP contribution in [-0.2, 0) is 7.05 Å². The smallest absolute Gasteiger partial charge is 0.218 e. The predicted octanol–water partition coefficient (Wildman–Crippen LogP) is 0.731. The van der Waals surface area contributed by atoms with Gasteiger partial charge in [-0.2, -0.15) is 5.26 Å². The summed E-state index contributed by atoms with van der Waals surface area (Å²) in [6.45, 7) is 0. The number of rotatable bonds is 1. The van der Waals surface area contributed by atoms with Gasteiger partial charge in [0.1, 0.15) is 0 Å². The zero-order valence-electron chi connectivity index (χ0n) is 7.65. The third kappa shape index (κ3) is 1.09. The van der Waals surface area contributed by atoms with E-state index in [4.69, 9.17) is 11.1 Å². The van der Waals surface area contributed by atoms with Crippen LogP contribution in [0.1, 0.15) is 5.56 Å². The van der Waals surface area contributed by atoms with E-state index >= 15 is 0 Å². The molecule has 0 aliphatic carbocycles. The fraction of sp³-hybridized carbons (Fsp3) is 0.111. The van der Waals surface area contributed by atoms with Crippen LogP contribution in [0.25, 0.3) is 11.0 Å². The second-order valence-corrected chi connectivity index (χ2v) is 2.95. The third-order valence-corrected chi connectivity index (χ3v) is 2.14. The average Bonchev–Trinajstić information content (AvgIpc) is 2.55. The summed E-state index contributed by atoms with van der Waals surface area (Å²) in [4.78, 5) is 4.22. The van der Waals surface area contributed by atoms with E-state index in [1.54, 1.807) is 12.1 Å². The molecule has 1 aromatic heterocycles. The number of fused-ring (bicyclic) bond motifs is 1. The van der Waals surface area contributed by atoms with Crippen molar-refractivity contribution in [3.63, 3.8) is 0 Å². The highest BCUT2D eigenvalue weighted by molar-refractivity contribution is 5.79. The number of nitrogens with zero attached hydrogens (tertiary/aromatic N) is 3. The molecule has 0 fully saturated rings. The summed E-state index contributed by atoms with van der Waals surface area (Å²) in [5, 5.41) is 8.71. The van der Waals surface area contributed by atoms with Crippen LogP contribution in [0.15, 0.2) is 18.2 Å². The lowest BCUT2D eigenvalue weighted by Crippen LogP contribution is -2.11. The summed E-state index contributed by atoms with van der Waals surface area (Å²) in [6, 6.07) is 7.40. The molecule has 0 saturated carbocycles. The molecular formula is C9H9N5. The van der Waals surface area contributed by atoms with Gasteiger partial charge in [-0.25, -0.2) is 10.8 Å². The van der Waals surface area contributed by atoms with Gasteiger partial charge < -0.3 is 4.57 Å². The van der Waals surface area contributed by atoms with E-state index in [0.717, 1.165) is 11.0 Å². The SMILES string of the molecule is Cn1c(NN)nc2cc(C#N)ccc21. The van der Waals surface area contributed by atoms with Gasteiger partial charge in [-0.3, -0.25) is 5.43 Å². The lowest BCUT2D eigenvalue weighted by molar-refractivity contribution is 0.942. The molecule has 0 aliphatic rings. The number of imidazole rings is 1. The number of benzene rings is 1. The number of nitriles is 1. The van der Waals surface area contributed by atoms with Crippen LogP contribution in [-0.4, -0.2) is 9.55 Å². The molecule has 3 N–H and O–H groups in total. The molecule has 1 aromatic carbocycles. The van der Waals surface area contributed by atoms with Crippen LogP contribution in [0, 0.1) is 11.3 Å². The number of nitrogens with one attached hydrogen (secondary N) is 1. The Labute approximate surface area is 80.7 Å². The standard InChI is InChI=1S/C9H9N5/c1-14-8-3-2-6(5-10)4-7(8)12-9(14)13-11/h2-4H,11H2,1H3,(H,12,13). The Hall–Kier alpha value is -2.06. The van der Waals surface area contributed by atoms with Crippen molar-refractivity contribution >= 4 is 17.0 Å². The van der Waals surface area contributed by atoms with E-state index in [-0.39, 0.29) is 0 Å². The minimum Gasteiger partial charge on any atom is -0.312 e. The van der Waals surface area contributed by atoms with E-state index in [1.165, 1.54) is 0 Å². The van der Waals surface area contributed by atoms with Crippen LogP contribution in [0.4, 0.5) is 5.95 Å². The molecule has 0 atom stereocenters. The minimum atomic E-state index is 0.579. The maximum absolute atomic E-state index is 8.71. The molecule has 5 heteroatoms. The van der Waals surface area contributed by atoms with Gasteiger partial charge in [0.2, 0.25) is 5.95 Å². The number of hydrogen-bond donors (Lipinski definition) is 2. The van der Waals surface area contributed by atoms with Gasteiger partial charge in [0, 0.05) is 7.05 Å². The highest BCUT2D eigenvalue weighted by Gasteiger charge is 2.06. The molecule has 70 valence electrons. The molecule has 0 bridgehead atoms. The Balaban J connectivity index is 2.74. The summed E-state index contributed by atoms with van der Waals surface area (Å²) >= 11 is 0. The number of hydrazine groups is 1. The number of nitrogens with two attached hydrogens (primary N) is 1. The van der Waals surface area contributed by atoms with E-state index in [9.17, 15) is 0 Å². The van der Waals surface area contributed by atoms with Gasteiger partial charge in [-0.05, 0) is 18.2 Å². The highest BCUT2D eigenvalue weighted by atomic mass is 15.3. The van der Waals surface area contributed by atoms with Crippen LogP contribution < -0.4 is 11.3 Å². The molecule has 2 aromatic rings. The second kappa shape index (κ2) is 3.01. The van der Waals surface area contributed by atoms with Crippen molar-refractivity contribution in [3.05, 3.63) is 23.8 Å². The molecule has 0 saturated heterocycles. The molecule has 2 rings (SSSR count). The molecule has 0 aliphatic heterocycles. The van der Waals surface area contributed by atoms with Crippen LogP contribution in [0.5, 0.6) is 0 Å². The Morgan fingerprint density at radius 2 is 2.36 bits per heavy atom. The summed E-state index contributed by atoms with van der Waals surface area (Å²) in [6.07, 6.45) is 0. The van der Waals surface area contributed by atoms with Gasteiger partial charge in [-0.15, -0.1) is 0 Å². The molecule has 0 amide bonds. The van der Waals surface area contributed by atoms with E-state index in [1.807, 2.05) is 17.7 Å². The number of hydrogen-bond acceptors (Lipinski definition) is 4. The molecule has 14 heavy (non-hydrogen) atoms. The number of aryl methyl sites for hydroxylation is 1. The monoisotopic (exact) mass is 187 g/mol. The Kier molecular flexibility index (Phi) is 1.84. The largest absolute Gasteiger partial charge is 0.312 e. The van der Waals surface area contributed by atoms with Crippen molar-refractivity contribution in [1.29, 1.82) is 5.26 Å². The molecule has 0 radical (unpaired) electrons. The average molecular weight is 187 g/mol. The van der Waals surface area contributed by atoms with E-state index in [0.29, 0.717) is 11.5 Å². The highest BCUT2D eigenvalue weighted by Crippen LogP contribution is 2.18. The molecule has 0 spiro atoms. The maximum atomic E-state index is 8.71. The quantitative estimate of drug-likeness (QED) is 0.509. The first-order valence-electron chi connectivity index (χ1n) is 4.09. The molecule has 5 nitrogen and oxygen atoms in total. The second-order valence-electron chi connectivity index (χ2n) is 2.95. The van der Waals surface area contributed by atoms with Gasteiger partial charge >= 0.3 is 0 Å². The topological polar surface area (TPSA) is 79.7 Å². The lowest BCUT2D eigenvalue weighted by atomic mass is 10.2. The van der Waals surface area contributed by atoms with Crippen molar-refractivity contribution in [2.24, 2.45) is 12.9 Å². The first-order chi connectivity index (χ1) is 6.76. The van der Waals surface area contributed by atoms with Crippen LogP contribution in [0.2, 0.25) is 0 Å². The van der Waals surface area contributed by atoms with Crippen LogP contribution >= 0.6 is 0 Å². The number of aromatic nitrogens is 2. The van der Waals surface area contributed by atoms with Gasteiger partial charge in [0.25, 0.3) is 0 Å². The van der Waals surface area contributed by atoms with Gasteiger partial charge in [-0.1, -0.05) is 0 Å². The summed E-state index contributed by atoms with van der Waals surface area (Å²) in [5.41, 5.74) is 4.79. The van der Waals surface area contributed by atoms with Crippen molar-refractivity contribution < 1.29 is 0 Å². The van der Waals surface area contributed by atoms with Gasteiger partial charge in [0.15, 0.2) is 0 Å². The zero-order valence-corrected chi connectivity index (χ0v) is 7.65. The van der Waals surface area contributed by atoms with Crippen molar-refractivity contribution in [3.8, 4) is 6.07 Å². The predicted molar refractivity (Wildman–Crippen MR) is 53.2 cm³/mol. The first kappa shape index (κ1) is 8.53. The molecule has 1 heterocycles. The summed E-state index contributed by atoms with van der Waals surface area (Å²) < 4.78 is 1.83.